The number of hydrogen-bond acceptors (Lipinski definition) is 5. The molecule has 1 aliphatic carbocycles. The average Bonchev–Trinajstić information content (AvgIpc) is 3.19. The van der Waals surface area contributed by atoms with Gasteiger partial charge in [-0.25, -0.2) is 0 Å². The molecule has 5 nitrogen and oxygen atoms in total. The van der Waals surface area contributed by atoms with E-state index in [4.69, 9.17) is 14.0 Å². The highest BCUT2D eigenvalue weighted by Gasteiger charge is 2.32. The summed E-state index contributed by atoms with van der Waals surface area (Å²) in [7, 11) is 0. The normalized spacial score (nSPS) is 19.4. The second kappa shape index (κ2) is 13.9. The largest absolute Gasteiger partial charge is 0.460 e. The van der Waals surface area contributed by atoms with Gasteiger partial charge in [-0.15, -0.1) is 0 Å². The summed E-state index contributed by atoms with van der Waals surface area (Å²) in [5.41, 5.74) is 1.57. The maximum Gasteiger partial charge on any atom is 0.306 e. The molecule has 1 fully saturated rings. The van der Waals surface area contributed by atoms with Crippen LogP contribution in [-0.4, -0.2) is 23.3 Å². The fraction of sp³-hybridized carbons (Fsp3) is 0.667. The third-order valence-electron chi connectivity index (χ3n) is 6.88. The molecule has 1 saturated carbocycles. The Morgan fingerprint density at radius 1 is 1.14 bits per heavy atom. The molecule has 1 heterocycles. The maximum absolute atomic E-state index is 12.7. The topological polar surface area (TPSA) is 61.6 Å². The highest BCUT2D eigenvalue weighted by molar-refractivity contribution is 14.1. The van der Waals surface area contributed by atoms with Crippen molar-refractivity contribution < 1.29 is 18.8 Å². The van der Waals surface area contributed by atoms with E-state index in [2.05, 4.69) is 53.7 Å². The highest BCUT2D eigenvalue weighted by atomic mass is 127. The lowest BCUT2D eigenvalue weighted by atomic mass is 9.77. The predicted octanol–water partition coefficient (Wildman–Crippen LogP) is 8.41. The van der Waals surface area contributed by atoms with Crippen LogP contribution in [-0.2, 0) is 20.9 Å². The Kier molecular flexibility index (Phi) is 11.3. The van der Waals surface area contributed by atoms with Crippen LogP contribution in [0.5, 0.6) is 0 Å². The lowest BCUT2D eigenvalue weighted by molar-refractivity contribution is -0.155. The van der Waals surface area contributed by atoms with E-state index in [-0.39, 0.29) is 11.9 Å². The van der Waals surface area contributed by atoms with Crippen LogP contribution in [0, 0.1) is 15.4 Å². The van der Waals surface area contributed by atoms with Gasteiger partial charge in [-0.2, -0.15) is 0 Å². The number of rotatable bonds is 12. The van der Waals surface area contributed by atoms with Gasteiger partial charge in [0.1, 0.15) is 11.3 Å². The van der Waals surface area contributed by atoms with Crippen LogP contribution < -0.4 is 0 Å². The molecular formula is C30H44INO4. The molecule has 6 heteroatoms. The van der Waals surface area contributed by atoms with Crippen LogP contribution >= 0.6 is 22.6 Å². The average molecular weight is 610 g/mol. The summed E-state index contributed by atoms with van der Waals surface area (Å²) in [6, 6.07) is 10.2. The lowest BCUT2D eigenvalue weighted by Gasteiger charge is -2.28. The first kappa shape index (κ1) is 29.2. The molecule has 0 radical (unpaired) electrons. The van der Waals surface area contributed by atoms with Gasteiger partial charge in [-0.05, 0) is 106 Å². The van der Waals surface area contributed by atoms with Gasteiger partial charge in [-0.3, -0.25) is 4.79 Å². The molecule has 0 spiro atoms. The van der Waals surface area contributed by atoms with Crippen molar-refractivity contribution in [3.05, 3.63) is 50.9 Å². The minimum absolute atomic E-state index is 0.0399. The zero-order chi connectivity index (χ0) is 26.1. The summed E-state index contributed by atoms with van der Waals surface area (Å²) in [4.78, 5) is 12.7. The second-order valence-corrected chi connectivity index (χ2v) is 12.8. The van der Waals surface area contributed by atoms with Crippen molar-refractivity contribution in [1.82, 2.24) is 5.16 Å². The molecule has 0 bridgehead atoms. The molecule has 1 unspecified atom stereocenters. The molecule has 1 aromatic heterocycles. The van der Waals surface area contributed by atoms with Crippen LogP contribution in [0.15, 0.2) is 34.9 Å². The van der Waals surface area contributed by atoms with E-state index >= 15 is 0 Å². The van der Waals surface area contributed by atoms with E-state index in [0.29, 0.717) is 25.6 Å². The quantitative estimate of drug-likeness (QED) is 0.137. The minimum atomic E-state index is -0.503. The van der Waals surface area contributed by atoms with Crippen LogP contribution in [0.2, 0.25) is 0 Å². The Morgan fingerprint density at radius 3 is 2.47 bits per heavy atom. The van der Waals surface area contributed by atoms with Crippen molar-refractivity contribution in [2.75, 3.05) is 6.61 Å². The third-order valence-corrected chi connectivity index (χ3v) is 7.96. The minimum Gasteiger partial charge on any atom is -0.460 e. The van der Waals surface area contributed by atoms with Crippen LogP contribution in [0.3, 0.4) is 0 Å². The van der Waals surface area contributed by atoms with E-state index in [1.807, 2.05) is 39.0 Å². The van der Waals surface area contributed by atoms with Crippen LogP contribution in [0.25, 0.3) is 0 Å². The fourth-order valence-electron chi connectivity index (χ4n) is 5.26. The van der Waals surface area contributed by atoms with Gasteiger partial charge < -0.3 is 14.0 Å². The van der Waals surface area contributed by atoms with Crippen molar-refractivity contribution in [2.24, 2.45) is 11.8 Å². The molecule has 1 aliphatic rings. The number of nitrogens with zero attached hydrogens (tertiary/aromatic N) is 1. The number of ether oxygens (including phenoxy) is 2. The molecule has 1 atom stereocenters. The van der Waals surface area contributed by atoms with Gasteiger partial charge in [0.2, 0.25) is 0 Å². The zero-order valence-electron chi connectivity index (χ0n) is 22.7. The Bertz CT molecular complexity index is 926. The lowest BCUT2D eigenvalue weighted by Crippen LogP contribution is -2.25. The second-order valence-electron chi connectivity index (χ2n) is 11.8. The zero-order valence-corrected chi connectivity index (χ0v) is 24.9. The van der Waals surface area contributed by atoms with Crippen molar-refractivity contribution in [3.8, 4) is 0 Å². The van der Waals surface area contributed by atoms with Gasteiger partial charge in [0.25, 0.3) is 0 Å². The molecule has 0 N–H and O–H groups in total. The number of hydrogen-bond donors (Lipinski definition) is 0. The SMILES string of the molecule is CC(C)CC1CCC(c2onc(C(CCCOCc3ccccc3)CC(=O)OC(C)(C)C)c2I)CC1. The summed E-state index contributed by atoms with van der Waals surface area (Å²) in [5, 5.41) is 4.52. The van der Waals surface area contributed by atoms with E-state index in [1.165, 1.54) is 24.8 Å². The van der Waals surface area contributed by atoms with E-state index in [9.17, 15) is 4.79 Å². The van der Waals surface area contributed by atoms with Gasteiger partial charge in [0.15, 0.2) is 5.76 Å². The van der Waals surface area contributed by atoms with Crippen molar-refractivity contribution in [1.29, 1.82) is 0 Å². The summed E-state index contributed by atoms with van der Waals surface area (Å²) >= 11 is 2.39. The van der Waals surface area contributed by atoms with Crippen molar-refractivity contribution >= 4 is 28.6 Å². The number of benzene rings is 1. The van der Waals surface area contributed by atoms with Gasteiger partial charge >= 0.3 is 5.97 Å². The maximum atomic E-state index is 12.7. The summed E-state index contributed by atoms with van der Waals surface area (Å²) in [6.07, 6.45) is 8.10. The molecular weight excluding hydrogens is 565 g/mol. The number of esters is 1. The van der Waals surface area contributed by atoms with Crippen LogP contribution in [0.4, 0.5) is 0 Å². The first-order valence-electron chi connectivity index (χ1n) is 13.6. The molecule has 1 aromatic carbocycles. The van der Waals surface area contributed by atoms with Gasteiger partial charge in [0, 0.05) is 18.4 Å². The number of halogens is 1. The fourth-order valence-corrected chi connectivity index (χ4v) is 6.33. The molecule has 200 valence electrons. The smallest absolute Gasteiger partial charge is 0.306 e. The number of aromatic nitrogens is 1. The monoisotopic (exact) mass is 609 g/mol. The molecule has 0 saturated heterocycles. The van der Waals surface area contributed by atoms with E-state index < -0.39 is 5.60 Å². The third kappa shape index (κ3) is 9.47. The number of carbonyl (C=O) groups excluding carboxylic acids is 1. The van der Waals surface area contributed by atoms with Crippen molar-refractivity contribution in [2.45, 2.75) is 110 Å². The highest BCUT2D eigenvalue weighted by Crippen LogP contribution is 2.42. The van der Waals surface area contributed by atoms with Crippen molar-refractivity contribution in [3.63, 3.8) is 0 Å². The first-order valence-corrected chi connectivity index (χ1v) is 14.7. The summed E-state index contributed by atoms with van der Waals surface area (Å²) < 4.78 is 18.6. The molecule has 3 rings (SSSR count). The molecule has 0 aliphatic heterocycles. The molecule has 2 aromatic rings. The standard InChI is InChI=1S/C30H44INO4/c1-21(2)18-22-13-15-24(16-14-22)29-27(31)28(32-36-29)25(19-26(33)35-30(3,4)5)12-9-17-34-20-23-10-7-6-8-11-23/h6-8,10-11,21-22,24-25H,9,12-20H2,1-5H3. The Hall–Kier alpha value is -1.41. The Balaban J connectivity index is 1.62. The van der Waals surface area contributed by atoms with E-state index in [1.54, 1.807) is 0 Å². The van der Waals surface area contributed by atoms with Crippen LogP contribution in [0.1, 0.15) is 115 Å². The number of carbonyl (C=O) groups is 1. The first-order chi connectivity index (χ1) is 17.1. The molecule has 36 heavy (non-hydrogen) atoms. The van der Waals surface area contributed by atoms with Gasteiger partial charge in [-0.1, -0.05) is 49.3 Å². The Morgan fingerprint density at radius 2 is 1.83 bits per heavy atom. The van der Waals surface area contributed by atoms with Gasteiger partial charge in [0.05, 0.1) is 16.6 Å². The summed E-state index contributed by atoms with van der Waals surface area (Å²) in [6.45, 7) is 11.6. The summed E-state index contributed by atoms with van der Waals surface area (Å²) in [5.74, 6) is 2.81. The Labute approximate surface area is 231 Å². The van der Waals surface area contributed by atoms with E-state index in [0.717, 1.165) is 52.5 Å². The molecule has 0 amide bonds. The predicted molar refractivity (Wildman–Crippen MR) is 152 cm³/mol.